The molecule has 1 aromatic carbocycles. The SMILES string of the molecule is CCNC(=NCc1cccc(C)n1)N(C)Cc1ccc(OC(F)F)cc1.I. The van der Waals surface area contributed by atoms with Crippen LogP contribution in [0.15, 0.2) is 47.5 Å². The highest BCUT2D eigenvalue weighted by molar-refractivity contribution is 14.0. The molecule has 1 aromatic heterocycles. The third kappa shape index (κ3) is 8.06. The van der Waals surface area contributed by atoms with Gasteiger partial charge in [0.1, 0.15) is 5.75 Å². The molecule has 5 nitrogen and oxygen atoms in total. The van der Waals surface area contributed by atoms with Gasteiger partial charge in [0.2, 0.25) is 0 Å². The zero-order valence-electron chi connectivity index (χ0n) is 15.7. The van der Waals surface area contributed by atoms with Gasteiger partial charge in [-0.15, -0.1) is 24.0 Å². The van der Waals surface area contributed by atoms with Gasteiger partial charge in [0.05, 0.1) is 12.2 Å². The van der Waals surface area contributed by atoms with Gasteiger partial charge in [-0.3, -0.25) is 4.98 Å². The molecule has 0 atom stereocenters. The number of alkyl halides is 2. The van der Waals surface area contributed by atoms with Crippen molar-refractivity contribution >= 4 is 29.9 Å². The second kappa shape index (κ2) is 11.7. The summed E-state index contributed by atoms with van der Waals surface area (Å²) in [4.78, 5) is 11.1. The first-order chi connectivity index (χ1) is 12.5. The number of nitrogens with one attached hydrogen (secondary N) is 1. The zero-order chi connectivity index (χ0) is 18.9. The molecule has 0 unspecified atom stereocenters. The highest BCUT2D eigenvalue weighted by atomic mass is 127. The van der Waals surface area contributed by atoms with Gasteiger partial charge in [0.25, 0.3) is 0 Å². The van der Waals surface area contributed by atoms with Crippen molar-refractivity contribution in [3.8, 4) is 5.75 Å². The topological polar surface area (TPSA) is 49.8 Å². The molecule has 0 saturated carbocycles. The second-order valence-corrected chi connectivity index (χ2v) is 5.82. The Kier molecular flexibility index (Phi) is 9.98. The molecule has 0 fully saturated rings. The highest BCUT2D eigenvalue weighted by Gasteiger charge is 2.08. The number of aromatic nitrogens is 1. The van der Waals surface area contributed by atoms with Crippen LogP contribution in [0.5, 0.6) is 5.75 Å². The summed E-state index contributed by atoms with van der Waals surface area (Å²) in [5, 5.41) is 3.25. The fourth-order valence-electron chi connectivity index (χ4n) is 2.44. The molecule has 0 aliphatic carbocycles. The summed E-state index contributed by atoms with van der Waals surface area (Å²) in [5.74, 6) is 0.904. The number of guanidine groups is 1. The van der Waals surface area contributed by atoms with Gasteiger partial charge in [0, 0.05) is 25.8 Å². The average Bonchev–Trinajstić information content (AvgIpc) is 2.60. The molecule has 27 heavy (non-hydrogen) atoms. The molecule has 2 aromatic rings. The molecule has 2 rings (SSSR count). The van der Waals surface area contributed by atoms with E-state index >= 15 is 0 Å². The molecule has 148 valence electrons. The first kappa shape index (κ1) is 23.1. The number of nitrogens with zero attached hydrogens (tertiary/aromatic N) is 3. The lowest BCUT2D eigenvalue weighted by atomic mass is 10.2. The van der Waals surface area contributed by atoms with E-state index in [1.807, 2.05) is 44.0 Å². The van der Waals surface area contributed by atoms with Crippen molar-refractivity contribution in [1.82, 2.24) is 15.2 Å². The van der Waals surface area contributed by atoms with E-state index < -0.39 is 6.61 Å². The molecule has 0 amide bonds. The molecule has 0 saturated heterocycles. The maximum absolute atomic E-state index is 12.2. The minimum absolute atomic E-state index is 0. The Morgan fingerprint density at radius 1 is 1.22 bits per heavy atom. The third-order valence-electron chi connectivity index (χ3n) is 3.60. The normalized spacial score (nSPS) is 11.1. The van der Waals surface area contributed by atoms with E-state index in [-0.39, 0.29) is 29.7 Å². The van der Waals surface area contributed by atoms with Gasteiger partial charge in [-0.1, -0.05) is 18.2 Å². The summed E-state index contributed by atoms with van der Waals surface area (Å²) < 4.78 is 28.8. The van der Waals surface area contributed by atoms with Crippen LogP contribution in [0.25, 0.3) is 0 Å². The van der Waals surface area contributed by atoms with E-state index in [1.54, 1.807) is 12.1 Å². The quantitative estimate of drug-likeness (QED) is 0.359. The molecule has 0 aliphatic heterocycles. The van der Waals surface area contributed by atoms with Crippen LogP contribution in [-0.4, -0.2) is 36.0 Å². The number of ether oxygens (including phenoxy) is 1. The van der Waals surface area contributed by atoms with Crippen LogP contribution in [0.4, 0.5) is 8.78 Å². The minimum atomic E-state index is -2.81. The van der Waals surface area contributed by atoms with Crippen LogP contribution in [0.1, 0.15) is 23.9 Å². The molecule has 0 radical (unpaired) electrons. The smallest absolute Gasteiger partial charge is 0.387 e. The van der Waals surface area contributed by atoms with Crippen LogP contribution in [0, 0.1) is 6.92 Å². The Morgan fingerprint density at radius 2 is 1.93 bits per heavy atom. The third-order valence-corrected chi connectivity index (χ3v) is 3.60. The molecular weight excluding hydrogens is 465 g/mol. The monoisotopic (exact) mass is 490 g/mol. The van der Waals surface area contributed by atoms with Crippen molar-refractivity contribution in [2.75, 3.05) is 13.6 Å². The molecule has 8 heteroatoms. The first-order valence-corrected chi connectivity index (χ1v) is 8.43. The number of hydrogen-bond acceptors (Lipinski definition) is 3. The lowest BCUT2D eigenvalue weighted by molar-refractivity contribution is -0.0498. The van der Waals surface area contributed by atoms with Crippen molar-refractivity contribution in [2.45, 2.75) is 33.5 Å². The molecule has 0 bridgehead atoms. The predicted molar refractivity (Wildman–Crippen MR) is 114 cm³/mol. The predicted octanol–water partition coefficient (Wildman–Crippen LogP) is 4.21. The molecule has 0 aliphatic rings. The molecule has 0 spiro atoms. The summed E-state index contributed by atoms with van der Waals surface area (Å²) in [7, 11) is 1.93. The van der Waals surface area contributed by atoms with Gasteiger partial charge in [-0.25, -0.2) is 4.99 Å². The average molecular weight is 490 g/mol. The second-order valence-electron chi connectivity index (χ2n) is 5.82. The van der Waals surface area contributed by atoms with Crippen molar-refractivity contribution in [1.29, 1.82) is 0 Å². The fraction of sp³-hybridized carbons (Fsp3) is 0.368. The number of aliphatic imine (C=N–C) groups is 1. The van der Waals surface area contributed by atoms with E-state index in [1.165, 1.54) is 12.1 Å². The number of pyridine rings is 1. The standard InChI is InChI=1S/C19H24F2N4O.HI/c1-4-22-19(23-12-16-7-5-6-14(2)24-16)25(3)13-15-8-10-17(11-9-15)26-18(20)21;/h5-11,18H,4,12-13H2,1-3H3,(H,22,23);1H. The van der Waals surface area contributed by atoms with Crippen LogP contribution in [0.3, 0.4) is 0 Å². The van der Waals surface area contributed by atoms with Crippen molar-refractivity contribution in [3.63, 3.8) is 0 Å². The number of aryl methyl sites for hydroxylation is 1. The van der Waals surface area contributed by atoms with E-state index in [4.69, 9.17) is 0 Å². The highest BCUT2D eigenvalue weighted by Crippen LogP contribution is 2.15. The van der Waals surface area contributed by atoms with Gasteiger partial charge in [-0.05, 0) is 43.7 Å². The van der Waals surface area contributed by atoms with Gasteiger partial charge < -0.3 is 15.0 Å². The largest absolute Gasteiger partial charge is 0.435 e. The van der Waals surface area contributed by atoms with Crippen LogP contribution in [0.2, 0.25) is 0 Å². The number of benzene rings is 1. The van der Waals surface area contributed by atoms with Crippen LogP contribution in [-0.2, 0) is 13.1 Å². The van der Waals surface area contributed by atoms with E-state index in [9.17, 15) is 8.78 Å². The molecule has 1 N–H and O–H groups in total. The summed E-state index contributed by atoms with van der Waals surface area (Å²) in [6.07, 6.45) is 0. The van der Waals surface area contributed by atoms with E-state index in [0.29, 0.717) is 13.1 Å². The lowest BCUT2D eigenvalue weighted by Crippen LogP contribution is -2.38. The Morgan fingerprint density at radius 3 is 2.52 bits per heavy atom. The molecular formula is C19H25F2IN4O. The van der Waals surface area contributed by atoms with Gasteiger partial charge in [0.15, 0.2) is 5.96 Å². The number of hydrogen-bond donors (Lipinski definition) is 1. The Bertz CT molecular complexity index is 726. The Labute approximate surface area is 175 Å². The summed E-state index contributed by atoms with van der Waals surface area (Å²) in [6, 6.07) is 12.5. The Balaban J connectivity index is 0.00000364. The number of rotatable bonds is 7. The molecule has 1 heterocycles. The van der Waals surface area contributed by atoms with Crippen molar-refractivity contribution in [3.05, 3.63) is 59.4 Å². The van der Waals surface area contributed by atoms with Crippen LogP contribution < -0.4 is 10.1 Å². The van der Waals surface area contributed by atoms with Crippen molar-refractivity contribution < 1.29 is 13.5 Å². The summed E-state index contributed by atoms with van der Waals surface area (Å²) in [5.41, 5.74) is 2.83. The summed E-state index contributed by atoms with van der Waals surface area (Å²) in [6.45, 7) is 2.95. The van der Waals surface area contributed by atoms with Crippen LogP contribution >= 0.6 is 24.0 Å². The minimum Gasteiger partial charge on any atom is -0.435 e. The first-order valence-electron chi connectivity index (χ1n) is 8.43. The maximum atomic E-state index is 12.2. The lowest BCUT2D eigenvalue weighted by Gasteiger charge is -2.22. The van der Waals surface area contributed by atoms with Crippen molar-refractivity contribution in [2.24, 2.45) is 4.99 Å². The van der Waals surface area contributed by atoms with E-state index in [0.717, 1.165) is 29.5 Å². The van der Waals surface area contributed by atoms with Gasteiger partial charge in [-0.2, -0.15) is 8.78 Å². The summed E-state index contributed by atoms with van der Waals surface area (Å²) >= 11 is 0. The Hall–Kier alpha value is -1.97. The zero-order valence-corrected chi connectivity index (χ0v) is 18.0. The fourth-order valence-corrected chi connectivity index (χ4v) is 2.44. The van der Waals surface area contributed by atoms with E-state index in [2.05, 4.69) is 20.0 Å². The number of halogens is 3. The maximum Gasteiger partial charge on any atom is 0.387 e. The van der Waals surface area contributed by atoms with Gasteiger partial charge >= 0.3 is 6.61 Å².